The molecule has 102 valence electrons. The van der Waals surface area contributed by atoms with Crippen LogP contribution in [-0.4, -0.2) is 12.1 Å². The van der Waals surface area contributed by atoms with Crippen LogP contribution in [0.5, 0.6) is 0 Å². The van der Waals surface area contributed by atoms with Crippen molar-refractivity contribution in [2.24, 2.45) is 5.41 Å². The molecule has 1 rings (SSSR count). The van der Waals surface area contributed by atoms with Gasteiger partial charge in [0, 0.05) is 12.1 Å². The standard InChI is InChI=1S/C16H33N/c1-5-6-7-8-10-14(2)17-15-11-9-12-16(3,4)13-15/h14-15,17H,5-13H2,1-4H3. The van der Waals surface area contributed by atoms with Crippen LogP contribution in [0.15, 0.2) is 0 Å². The first-order chi connectivity index (χ1) is 8.03. The third kappa shape index (κ3) is 6.45. The summed E-state index contributed by atoms with van der Waals surface area (Å²) in [7, 11) is 0. The molecule has 0 aromatic carbocycles. The summed E-state index contributed by atoms with van der Waals surface area (Å²) >= 11 is 0. The number of unbranched alkanes of at least 4 members (excludes halogenated alkanes) is 3. The van der Waals surface area contributed by atoms with Gasteiger partial charge >= 0.3 is 0 Å². The summed E-state index contributed by atoms with van der Waals surface area (Å²) < 4.78 is 0. The first kappa shape index (κ1) is 15.0. The van der Waals surface area contributed by atoms with E-state index in [1.54, 1.807) is 0 Å². The molecule has 1 nitrogen and oxygen atoms in total. The predicted octanol–water partition coefficient (Wildman–Crippen LogP) is 4.90. The molecule has 0 bridgehead atoms. The molecule has 17 heavy (non-hydrogen) atoms. The number of hydrogen-bond acceptors (Lipinski definition) is 1. The Hall–Kier alpha value is -0.0400. The summed E-state index contributed by atoms with van der Waals surface area (Å²) in [6.07, 6.45) is 12.5. The van der Waals surface area contributed by atoms with Crippen LogP contribution in [0.3, 0.4) is 0 Å². The van der Waals surface area contributed by atoms with Gasteiger partial charge < -0.3 is 5.32 Å². The fourth-order valence-electron chi connectivity index (χ4n) is 3.20. The molecular formula is C16H33N. The molecule has 0 heterocycles. The minimum absolute atomic E-state index is 0.567. The lowest BCUT2D eigenvalue weighted by Gasteiger charge is -2.37. The van der Waals surface area contributed by atoms with Crippen LogP contribution >= 0.6 is 0 Å². The molecule has 1 aliphatic rings. The Morgan fingerprint density at radius 1 is 1.24 bits per heavy atom. The number of hydrogen-bond donors (Lipinski definition) is 1. The normalized spacial score (nSPS) is 25.8. The second-order valence-corrected chi connectivity index (χ2v) is 6.87. The second kappa shape index (κ2) is 7.41. The molecule has 1 heteroatoms. The Labute approximate surface area is 109 Å². The molecule has 2 atom stereocenters. The Kier molecular flexibility index (Phi) is 6.54. The summed E-state index contributed by atoms with van der Waals surface area (Å²) in [5.74, 6) is 0. The SMILES string of the molecule is CCCCCCC(C)NC1CCCC(C)(C)C1. The van der Waals surface area contributed by atoms with Gasteiger partial charge in [0.15, 0.2) is 0 Å². The van der Waals surface area contributed by atoms with E-state index in [9.17, 15) is 0 Å². The Morgan fingerprint density at radius 2 is 2.00 bits per heavy atom. The third-order valence-electron chi connectivity index (χ3n) is 4.22. The molecule has 1 saturated carbocycles. The first-order valence-corrected chi connectivity index (χ1v) is 7.79. The molecule has 2 unspecified atom stereocenters. The van der Waals surface area contributed by atoms with Gasteiger partial charge in [-0.15, -0.1) is 0 Å². The van der Waals surface area contributed by atoms with E-state index in [0.717, 1.165) is 6.04 Å². The van der Waals surface area contributed by atoms with E-state index in [0.29, 0.717) is 11.5 Å². The van der Waals surface area contributed by atoms with Gasteiger partial charge in [0.1, 0.15) is 0 Å². The third-order valence-corrected chi connectivity index (χ3v) is 4.22. The van der Waals surface area contributed by atoms with Crippen molar-refractivity contribution in [3.63, 3.8) is 0 Å². The van der Waals surface area contributed by atoms with Crippen molar-refractivity contribution in [1.82, 2.24) is 5.32 Å². The smallest absolute Gasteiger partial charge is 0.00746 e. The van der Waals surface area contributed by atoms with E-state index in [2.05, 4.69) is 33.0 Å². The van der Waals surface area contributed by atoms with Crippen LogP contribution in [0.1, 0.15) is 85.5 Å². The predicted molar refractivity (Wildman–Crippen MR) is 77.4 cm³/mol. The lowest BCUT2D eigenvalue weighted by Crippen LogP contribution is -2.41. The number of rotatable bonds is 7. The summed E-state index contributed by atoms with van der Waals surface area (Å²) in [6, 6.07) is 1.49. The molecule has 0 saturated heterocycles. The summed E-state index contributed by atoms with van der Waals surface area (Å²) in [4.78, 5) is 0. The highest BCUT2D eigenvalue weighted by molar-refractivity contribution is 4.84. The Balaban J connectivity index is 2.15. The van der Waals surface area contributed by atoms with Crippen molar-refractivity contribution < 1.29 is 0 Å². The van der Waals surface area contributed by atoms with Gasteiger partial charge in [-0.1, -0.05) is 52.9 Å². The van der Waals surface area contributed by atoms with E-state index >= 15 is 0 Å². The fraction of sp³-hybridized carbons (Fsp3) is 1.00. The van der Waals surface area contributed by atoms with Crippen LogP contribution < -0.4 is 5.32 Å². The maximum Gasteiger partial charge on any atom is 0.00746 e. The first-order valence-electron chi connectivity index (χ1n) is 7.79. The van der Waals surface area contributed by atoms with Gasteiger partial charge in [-0.25, -0.2) is 0 Å². The second-order valence-electron chi connectivity index (χ2n) is 6.87. The average molecular weight is 239 g/mol. The Bertz CT molecular complexity index is 198. The molecular weight excluding hydrogens is 206 g/mol. The topological polar surface area (TPSA) is 12.0 Å². The molecule has 0 aromatic rings. The van der Waals surface area contributed by atoms with Crippen molar-refractivity contribution >= 4 is 0 Å². The maximum atomic E-state index is 3.85. The molecule has 1 N–H and O–H groups in total. The van der Waals surface area contributed by atoms with Crippen LogP contribution in [0, 0.1) is 5.41 Å². The van der Waals surface area contributed by atoms with Gasteiger partial charge in [-0.3, -0.25) is 0 Å². The molecule has 1 fully saturated rings. The summed E-state index contributed by atoms with van der Waals surface area (Å²) in [6.45, 7) is 9.50. The largest absolute Gasteiger partial charge is 0.311 e. The molecule has 0 aliphatic heterocycles. The van der Waals surface area contributed by atoms with Crippen LogP contribution in [0.4, 0.5) is 0 Å². The van der Waals surface area contributed by atoms with Crippen molar-refractivity contribution in [3.05, 3.63) is 0 Å². The van der Waals surface area contributed by atoms with E-state index in [1.165, 1.54) is 57.8 Å². The zero-order chi connectivity index (χ0) is 12.7. The average Bonchev–Trinajstić information content (AvgIpc) is 2.23. The Morgan fingerprint density at radius 3 is 2.65 bits per heavy atom. The minimum Gasteiger partial charge on any atom is -0.311 e. The minimum atomic E-state index is 0.567. The van der Waals surface area contributed by atoms with Gasteiger partial charge in [-0.2, -0.15) is 0 Å². The van der Waals surface area contributed by atoms with E-state index in [-0.39, 0.29) is 0 Å². The highest BCUT2D eigenvalue weighted by atomic mass is 14.9. The van der Waals surface area contributed by atoms with Crippen molar-refractivity contribution in [3.8, 4) is 0 Å². The maximum absolute atomic E-state index is 3.85. The molecule has 0 radical (unpaired) electrons. The fourth-order valence-corrected chi connectivity index (χ4v) is 3.20. The van der Waals surface area contributed by atoms with Gasteiger partial charge in [-0.05, 0) is 38.0 Å². The van der Waals surface area contributed by atoms with Crippen molar-refractivity contribution in [1.29, 1.82) is 0 Å². The van der Waals surface area contributed by atoms with Gasteiger partial charge in [0.2, 0.25) is 0 Å². The molecule has 0 spiro atoms. The monoisotopic (exact) mass is 239 g/mol. The number of nitrogens with one attached hydrogen (secondary N) is 1. The summed E-state index contributed by atoms with van der Waals surface area (Å²) in [5, 5.41) is 3.85. The van der Waals surface area contributed by atoms with Crippen LogP contribution in [0.2, 0.25) is 0 Å². The quantitative estimate of drug-likeness (QED) is 0.623. The molecule has 1 aliphatic carbocycles. The molecule has 0 aromatic heterocycles. The van der Waals surface area contributed by atoms with Crippen LogP contribution in [0.25, 0.3) is 0 Å². The van der Waals surface area contributed by atoms with E-state index in [1.807, 2.05) is 0 Å². The van der Waals surface area contributed by atoms with Gasteiger partial charge in [0.25, 0.3) is 0 Å². The molecule has 0 amide bonds. The summed E-state index contributed by atoms with van der Waals surface area (Å²) in [5.41, 5.74) is 0.567. The lowest BCUT2D eigenvalue weighted by atomic mass is 9.75. The zero-order valence-electron chi connectivity index (χ0n) is 12.5. The van der Waals surface area contributed by atoms with Crippen molar-refractivity contribution in [2.75, 3.05) is 0 Å². The zero-order valence-corrected chi connectivity index (χ0v) is 12.5. The highest BCUT2D eigenvalue weighted by Gasteiger charge is 2.28. The van der Waals surface area contributed by atoms with Crippen molar-refractivity contribution in [2.45, 2.75) is 97.6 Å². The highest BCUT2D eigenvalue weighted by Crippen LogP contribution is 2.35. The van der Waals surface area contributed by atoms with Gasteiger partial charge in [0.05, 0.1) is 0 Å². The van der Waals surface area contributed by atoms with E-state index in [4.69, 9.17) is 0 Å². The van der Waals surface area contributed by atoms with Crippen LogP contribution in [-0.2, 0) is 0 Å². The van der Waals surface area contributed by atoms with E-state index < -0.39 is 0 Å². The lowest BCUT2D eigenvalue weighted by molar-refractivity contribution is 0.189.